The number of hydrogen-bond acceptors (Lipinski definition) is 11. The fourth-order valence-corrected chi connectivity index (χ4v) is 8.10. The van der Waals surface area contributed by atoms with Gasteiger partial charge in [0.1, 0.15) is 30.3 Å². The second-order valence-electron chi connectivity index (χ2n) is 18.5. The number of nitrogens with zero attached hydrogens (tertiary/aromatic N) is 1. The number of benzene rings is 4. The van der Waals surface area contributed by atoms with Crippen LogP contribution < -0.4 is 25.4 Å². The number of esters is 1. The molecule has 4 amide bonds. The fourth-order valence-electron chi connectivity index (χ4n) is 8.10. The molecule has 356 valence electrons. The highest BCUT2D eigenvalue weighted by Gasteiger charge is 2.42. The molecular formula is C52H62N4O11. The molecular weight excluding hydrogens is 857 g/mol. The van der Waals surface area contributed by atoms with Crippen molar-refractivity contribution in [2.45, 2.75) is 91.6 Å². The number of ether oxygens (including phenoxy) is 5. The van der Waals surface area contributed by atoms with E-state index < -0.39 is 47.5 Å². The minimum Gasteiger partial charge on any atom is -0.497 e. The van der Waals surface area contributed by atoms with Crippen molar-refractivity contribution in [2.75, 3.05) is 37.4 Å². The number of alkyl carbamates (subject to hydrolysis) is 1. The average Bonchev–Trinajstić information content (AvgIpc) is 3.95. The van der Waals surface area contributed by atoms with E-state index in [1.807, 2.05) is 60.7 Å². The average molecular weight is 919 g/mol. The normalized spacial score (nSPS) is 17.9. The van der Waals surface area contributed by atoms with Crippen LogP contribution >= 0.6 is 0 Å². The van der Waals surface area contributed by atoms with E-state index in [-0.39, 0.29) is 67.1 Å². The summed E-state index contributed by atoms with van der Waals surface area (Å²) < 4.78 is 28.2. The van der Waals surface area contributed by atoms with Gasteiger partial charge >= 0.3 is 18.2 Å². The molecule has 0 aromatic heterocycles. The van der Waals surface area contributed by atoms with Gasteiger partial charge < -0.3 is 44.5 Å². The molecule has 0 bridgehead atoms. The topological polar surface area (TPSA) is 188 Å². The molecule has 4 unspecified atom stereocenters. The molecule has 4 aromatic rings. The van der Waals surface area contributed by atoms with Gasteiger partial charge in [-0.25, -0.2) is 14.4 Å². The molecule has 15 nitrogen and oxygen atoms in total. The Morgan fingerprint density at radius 3 is 1.94 bits per heavy atom. The van der Waals surface area contributed by atoms with Crippen LogP contribution in [-0.4, -0.2) is 79.1 Å². The molecule has 4 atom stereocenters. The Labute approximate surface area is 392 Å². The van der Waals surface area contributed by atoms with Crippen LogP contribution in [0.5, 0.6) is 11.5 Å². The number of nitrogens with one attached hydrogen (secondary N) is 3. The summed E-state index contributed by atoms with van der Waals surface area (Å²) in [5.41, 5.74) is 1.97. The van der Waals surface area contributed by atoms with Gasteiger partial charge in [0.2, 0.25) is 11.8 Å². The van der Waals surface area contributed by atoms with Crippen molar-refractivity contribution in [2.24, 2.45) is 23.7 Å². The van der Waals surface area contributed by atoms with E-state index in [4.69, 9.17) is 23.7 Å². The molecule has 2 fully saturated rings. The van der Waals surface area contributed by atoms with Gasteiger partial charge in [0, 0.05) is 54.5 Å². The summed E-state index contributed by atoms with van der Waals surface area (Å²) in [4.78, 5) is 82.8. The van der Waals surface area contributed by atoms with Crippen LogP contribution in [0.25, 0.3) is 0 Å². The van der Waals surface area contributed by atoms with Gasteiger partial charge in [-0.3, -0.25) is 14.4 Å². The standard InChI is InChI=1S/C52H62N4O11/c1-33(2)20-21-64-42-25-38(49(60)65-31-34-14-9-7-10-15-34)23-40(28-42)53-47(58)43-19-13-18-36(43)26-46(57)37-22-39(27-41(24-37)63-6)54-48(59)44-29-56(51(62)67-52(3,4)5)30-45(44)55-50(61)66-32-35-16-11-8-12-17-35/h7-12,14-17,22-25,27-28,33,36,43-45H,13,18-21,26,29-32H2,1-6H3,(H,53,58)(H,54,59)(H,55,61). The zero-order valence-electron chi connectivity index (χ0n) is 39.1. The number of likely N-dealkylation sites (tertiary alicyclic amines) is 1. The van der Waals surface area contributed by atoms with E-state index in [0.717, 1.165) is 24.0 Å². The number of carbonyl (C=O) groups is 6. The van der Waals surface area contributed by atoms with Crippen molar-refractivity contribution in [1.82, 2.24) is 10.2 Å². The molecule has 3 N–H and O–H groups in total. The second kappa shape index (κ2) is 23.0. The maximum Gasteiger partial charge on any atom is 0.410 e. The van der Waals surface area contributed by atoms with Gasteiger partial charge in [0.05, 0.1) is 31.2 Å². The second-order valence-corrected chi connectivity index (χ2v) is 18.5. The minimum absolute atomic E-state index is 0.00855. The fraction of sp³-hybridized carbons (Fsp3) is 0.423. The van der Waals surface area contributed by atoms with E-state index in [0.29, 0.717) is 42.6 Å². The summed E-state index contributed by atoms with van der Waals surface area (Å²) in [6.07, 6.45) is 1.41. The van der Waals surface area contributed by atoms with Crippen LogP contribution in [0.1, 0.15) is 98.6 Å². The van der Waals surface area contributed by atoms with Crippen LogP contribution in [-0.2, 0) is 37.0 Å². The van der Waals surface area contributed by atoms with Crippen LogP contribution in [0.15, 0.2) is 97.1 Å². The first kappa shape index (κ1) is 49.5. The Hall–Kier alpha value is -6.90. The first-order valence-corrected chi connectivity index (χ1v) is 22.8. The lowest BCUT2D eigenvalue weighted by molar-refractivity contribution is -0.121. The predicted octanol–water partition coefficient (Wildman–Crippen LogP) is 9.21. The van der Waals surface area contributed by atoms with Crippen molar-refractivity contribution >= 4 is 47.1 Å². The number of Topliss-reactive ketones (excluding diaryl/α,β-unsaturated/α-hetero) is 1. The van der Waals surface area contributed by atoms with Crippen molar-refractivity contribution < 1.29 is 52.5 Å². The largest absolute Gasteiger partial charge is 0.497 e. The quantitative estimate of drug-likeness (QED) is 0.0491. The number of carbonyl (C=O) groups excluding carboxylic acids is 6. The zero-order valence-corrected chi connectivity index (χ0v) is 39.1. The van der Waals surface area contributed by atoms with Crippen LogP contribution in [0.4, 0.5) is 21.0 Å². The van der Waals surface area contributed by atoms with E-state index in [2.05, 4.69) is 29.8 Å². The number of methoxy groups -OCH3 is 1. The van der Waals surface area contributed by atoms with Gasteiger partial charge in [-0.15, -0.1) is 0 Å². The third-order valence-corrected chi connectivity index (χ3v) is 11.6. The summed E-state index contributed by atoms with van der Waals surface area (Å²) in [5.74, 6) is -2.16. The number of hydrogen-bond donors (Lipinski definition) is 3. The molecule has 1 saturated carbocycles. The molecule has 1 aliphatic carbocycles. The Balaban J connectivity index is 1.12. The van der Waals surface area contributed by atoms with Gasteiger partial charge in [-0.2, -0.15) is 0 Å². The predicted molar refractivity (Wildman–Crippen MR) is 252 cm³/mol. The first-order chi connectivity index (χ1) is 32.0. The molecule has 0 radical (unpaired) electrons. The summed E-state index contributed by atoms with van der Waals surface area (Å²) in [7, 11) is 1.45. The molecule has 6 rings (SSSR count). The van der Waals surface area contributed by atoms with Crippen molar-refractivity contribution in [3.05, 3.63) is 119 Å². The van der Waals surface area contributed by atoms with Gasteiger partial charge in [0.15, 0.2) is 5.78 Å². The summed E-state index contributed by atoms with van der Waals surface area (Å²) in [6, 6.07) is 27.2. The van der Waals surface area contributed by atoms with E-state index in [1.165, 1.54) is 12.0 Å². The van der Waals surface area contributed by atoms with Crippen LogP contribution in [0.3, 0.4) is 0 Å². The number of amides is 4. The molecule has 1 saturated heterocycles. The molecule has 1 heterocycles. The third-order valence-electron chi connectivity index (χ3n) is 11.6. The highest BCUT2D eigenvalue weighted by molar-refractivity contribution is 6.01. The van der Waals surface area contributed by atoms with E-state index in [9.17, 15) is 28.8 Å². The minimum atomic E-state index is -0.914. The molecule has 1 aliphatic heterocycles. The van der Waals surface area contributed by atoms with Crippen molar-refractivity contribution in [1.29, 1.82) is 0 Å². The van der Waals surface area contributed by atoms with Crippen molar-refractivity contribution in [3.63, 3.8) is 0 Å². The van der Waals surface area contributed by atoms with Crippen molar-refractivity contribution in [3.8, 4) is 11.5 Å². The first-order valence-electron chi connectivity index (χ1n) is 22.8. The Morgan fingerprint density at radius 2 is 1.31 bits per heavy atom. The van der Waals surface area contributed by atoms with Crippen LogP contribution in [0.2, 0.25) is 0 Å². The summed E-state index contributed by atoms with van der Waals surface area (Å²) in [5, 5.41) is 8.62. The maximum atomic E-state index is 14.0. The smallest absolute Gasteiger partial charge is 0.410 e. The highest BCUT2D eigenvalue weighted by atomic mass is 16.6. The summed E-state index contributed by atoms with van der Waals surface area (Å²) >= 11 is 0. The monoisotopic (exact) mass is 918 g/mol. The lowest BCUT2D eigenvalue weighted by Gasteiger charge is -2.24. The van der Waals surface area contributed by atoms with Gasteiger partial charge in [-0.05, 0) is 87.3 Å². The lowest BCUT2D eigenvalue weighted by atomic mass is 9.88. The van der Waals surface area contributed by atoms with Crippen LogP contribution in [0, 0.1) is 23.7 Å². The number of anilines is 2. The Kier molecular flexibility index (Phi) is 17.0. The zero-order chi connectivity index (χ0) is 48.1. The molecule has 0 spiro atoms. The van der Waals surface area contributed by atoms with E-state index in [1.54, 1.807) is 57.2 Å². The molecule has 4 aromatic carbocycles. The van der Waals surface area contributed by atoms with Gasteiger partial charge in [-0.1, -0.05) is 80.9 Å². The Bertz CT molecular complexity index is 2370. The highest BCUT2D eigenvalue weighted by Crippen LogP contribution is 2.37. The maximum absolute atomic E-state index is 14.0. The number of ketones is 1. The summed E-state index contributed by atoms with van der Waals surface area (Å²) in [6.45, 7) is 9.84. The molecule has 67 heavy (non-hydrogen) atoms. The Morgan fingerprint density at radius 1 is 0.716 bits per heavy atom. The SMILES string of the molecule is COc1cc(NC(=O)C2CN(C(=O)OC(C)(C)C)CC2NC(=O)OCc2ccccc2)cc(C(=O)CC2CCCC2C(=O)Nc2cc(OCCC(C)C)cc(C(=O)OCc3ccccc3)c2)c1. The number of rotatable bonds is 18. The van der Waals surface area contributed by atoms with E-state index >= 15 is 0 Å². The third kappa shape index (κ3) is 14.8. The lowest BCUT2D eigenvalue weighted by Crippen LogP contribution is -2.44. The molecule has 15 heteroatoms. The molecule has 2 aliphatic rings. The van der Waals surface area contributed by atoms with Gasteiger partial charge in [0.25, 0.3) is 0 Å².